The molecule has 1 N–H and O–H groups in total. The number of nitro groups is 1. The summed E-state index contributed by atoms with van der Waals surface area (Å²) >= 11 is 5.83. The highest BCUT2D eigenvalue weighted by Gasteiger charge is 2.22. The molecule has 0 aromatic heterocycles. The number of hydrogen-bond acceptors (Lipinski definition) is 4. The summed E-state index contributed by atoms with van der Waals surface area (Å²) in [6.45, 7) is 1.84. The fourth-order valence-corrected chi connectivity index (χ4v) is 2.96. The molecule has 1 aliphatic heterocycles. The van der Waals surface area contributed by atoms with Crippen LogP contribution in [0.2, 0.25) is 5.02 Å². The van der Waals surface area contributed by atoms with E-state index in [4.69, 9.17) is 11.6 Å². The van der Waals surface area contributed by atoms with Crippen LogP contribution in [-0.2, 0) is 0 Å². The van der Waals surface area contributed by atoms with Gasteiger partial charge in [0.2, 0.25) is 0 Å². The van der Waals surface area contributed by atoms with Gasteiger partial charge in [0.25, 0.3) is 5.69 Å². The summed E-state index contributed by atoms with van der Waals surface area (Å²) in [5.41, 5.74) is 0.836. The van der Waals surface area contributed by atoms with Crippen molar-refractivity contribution in [3.05, 3.63) is 63.2 Å². The number of halogens is 3. The monoisotopic (exact) mass is 396 g/mol. The number of rotatable bonds is 3. The van der Waals surface area contributed by atoms with Gasteiger partial charge in [0.05, 0.1) is 15.6 Å². The predicted octanol–water partition coefficient (Wildman–Crippen LogP) is 3.88. The topological polar surface area (TPSA) is 78.7 Å². The number of benzene rings is 2. The van der Waals surface area contributed by atoms with E-state index in [1.165, 1.54) is 17.0 Å². The molecule has 3 rings (SSSR count). The molecule has 142 valence electrons. The first-order valence-corrected chi connectivity index (χ1v) is 8.43. The summed E-state index contributed by atoms with van der Waals surface area (Å²) < 4.78 is 26.4. The minimum atomic E-state index is -1.10. The molecule has 1 aliphatic rings. The maximum atomic E-state index is 13.3. The van der Waals surface area contributed by atoms with Crippen LogP contribution in [0.5, 0.6) is 0 Å². The van der Waals surface area contributed by atoms with Crippen LogP contribution in [0.1, 0.15) is 0 Å². The van der Waals surface area contributed by atoms with Crippen molar-refractivity contribution < 1.29 is 18.5 Å². The van der Waals surface area contributed by atoms with Crippen LogP contribution in [-0.4, -0.2) is 42.0 Å². The number of urea groups is 1. The molecule has 0 unspecified atom stereocenters. The molecule has 0 bridgehead atoms. The fraction of sp³-hybridized carbons (Fsp3) is 0.235. The number of piperazine rings is 1. The molecule has 27 heavy (non-hydrogen) atoms. The van der Waals surface area contributed by atoms with Gasteiger partial charge in [-0.25, -0.2) is 13.6 Å². The van der Waals surface area contributed by atoms with Crippen LogP contribution >= 0.6 is 11.6 Å². The van der Waals surface area contributed by atoms with Crippen LogP contribution in [0.4, 0.5) is 30.6 Å². The second-order valence-electron chi connectivity index (χ2n) is 5.92. The van der Waals surface area contributed by atoms with Gasteiger partial charge in [-0.05, 0) is 18.2 Å². The molecule has 2 amide bonds. The summed E-state index contributed by atoms with van der Waals surface area (Å²) in [6.07, 6.45) is 0. The highest BCUT2D eigenvalue weighted by atomic mass is 35.5. The molecule has 2 aromatic carbocycles. The predicted molar refractivity (Wildman–Crippen MR) is 97.3 cm³/mol. The third kappa shape index (κ3) is 4.25. The lowest BCUT2D eigenvalue weighted by molar-refractivity contribution is -0.384. The van der Waals surface area contributed by atoms with Crippen LogP contribution in [0.3, 0.4) is 0 Å². The van der Waals surface area contributed by atoms with E-state index in [1.54, 1.807) is 12.1 Å². The molecular formula is C17H15ClF2N4O3. The lowest BCUT2D eigenvalue weighted by Crippen LogP contribution is -2.50. The van der Waals surface area contributed by atoms with Crippen LogP contribution < -0.4 is 10.2 Å². The summed E-state index contributed by atoms with van der Waals surface area (Å²) in [6, 6.07) is 7.36. The Morgan fingerprint density at radius 2 is 1.67 bits per heavy atom. The molecule has 0 saturated carbocycles. The zero-order valence-corrected chi connectivity index (χ0v) is 14.7. The quantitative estimate of drug-likeness (QED) is 0.485. The van der Waals surface area contributed by atoms with E-state index in [0.717, 1.165) is 17.8 Å². The molecular weight excluding hydrogens is 382 g/mol. The van der Waals surface area contributed by atoms with E-state index >= 15 is 0 Å². The number of non-ortho nitro benzene ring substituents is 1. The SMILES string of the molecule is O=C(Nc1cc(F)c(F)cc1Cl)N1CCN(c2ccc([N+](=O)[O-])cc2)CC1. The number of carbonyl (C=O) groups is 1. The minimum absolute atomic E-state index is 0.00151. The average Bonchev–Trinajstić information content (AvgIpc) is 2.66. The van der Waals surface area contributed by atoms with E-state index in [-0.39, 0.29) is 16.4 Å². The number of carbonyl (C=O) groups excluding carboxylic acids is 1. The first-order valence-electron chi connectivity index (χ1n) is 8.05. The molecule has 0 atom stereocenters. The largest absolute Gasteiger partial charge is 0.368 e. The number of nitrogens with zero attached hydrogens (tertiary/aromatic N) is 3. The molecule has 2 aromatic rings. The molecule has 10 heteroatoms. The van der Waals surface area contributed by atoms with Crippen LogP contribution in [0.15, 0.2) is 36.4 Å². The molecule has 0 radical (unpaired) electrons. The molecule has 7 nitrogen and oxygen atoms in total. The van der Waals surface area contributed by atoms with E-state index in [9.17, 15) is 23.7 Å². The van der Waals surface area contributed by atoms with Crippen molar-refractivity contribution in [3.8, 4) is 0 Å². The number of nitro benzene ring substituents is 1. The van der Waals surface area contributed by atoms with Gasteiger partial charge in [0, 0.05) is 50.1 Å². The highest BCUT2D eigenvalue weighted by Crippen LogP contribution is 2.25. The van der Waals surface area contributed by atoms with Crippen LogP contribution in [0, 0.1) is 21.7 Å². The highest BCUT2D eigenvalue weighted by molar-refractivity contribution is 6.33. The summed E-state index contributed by atoms with van der Waals surface area (Å²) in [5, 5.41) is 13.1. The lowest BCUT2D eigenvalue weighted by atomic mass is 10.2. The third-order valence-corrected chi connectivity index (χ3v) is 4.56. The number of anilines is 2. The van der Waals surface area contributed by atoms with Crippen molar-refractivity contribution in [2.45, 2.75) is 0 Å². The van der Waals surface area contributed by atoms with Crippen molar-refractivity contribution in [2.75, 3.05) is 36.4 Å². The zero-order valence-electron chi connectivity index (χ0n) is 14.0. The Labute approximate surface area is 158 Å². The fourth-order valence-electron chi connectivity index (χ4n) is 2.77. The zero-order chi connectivity index (χ0) is 19.6. The van der Waals surface area contributed by atoms with E-state index in [0.29, 0.717) is 26.2 Å². The van der Waals surface area contributed by atoms with Crippen molar-refractivity contribution in [1.82, 2.24) is 4.90 Å². The Hall–Kier alpha value is -2.94. The number of amides is 2. The maximum absolute atomic E-state index is 13.3. The Morgan fingerprint density at radius 1 is 1.07 bits per heavy atom. The summed E-state index contributed by atoms with van der Waals surface area (Å²) in [5.74, 6) is -2.19. The Bertz CT molecular complexity index is 871. The van der Waals surface area contributed by atoms with Gasteiger partial charge in [0.1, 0.15) is 0 Å². The van der Waals surface area contributed by atoms with Crippen LogP contribution in [0.25, 0.3) is 0 Å². The van der Waals surface area contributed by atoms with E-state index < -0.39 is 22.6 Å². The first-order chi connectivity index (χ1) is 12.8. The van der Waals surface area contributed by atoms with Gasteiger partial charge in [-0.2, -0.15) is 0 Å². The Kier molecular flexibility index (Phi) is 5.41. The van der Waals surface area contributed by atoms with Gasteiger partial charge in [0.15, 0.2) is 11.6 Å². The summed E-state index contributed by atoms with van der Waals surface area (Å²) in [4.78, 5) is 26.1. The number of hydrogen-bond donors (Lipinski definition) is 1. The van der Waals surface area contributed by atoms with Crippen molar-refractivity contribution in [2.24, 2.45) is 0 Å². The van der Waals surface area contributed by atoms with Gasteiger partial charge in [-0.1, -0.05) is 11.6 Å². The van der Waals surface area contributed by atoms with Gasteiger partial charge >= 0.3 is 6.03 Å². The Balaban J connectivity index is 1.59. The van der Waals surface area contributed by atoms with Gasteiger partial charge in [-0.15, -0.1) is 0 Å². The summed E-state index contributed by atoms with van der Waals surface area (Å²) in [7, 11) is 0. The second kappa shape index (κ2) is 7.75. The Morgan fingerprint density at radius 3 is 2.26 bits per heavy atom. The molecule has 0 spiro atoms. The van der Waals surface area contributed by atoms with E-state index in [2.05, 4.69) is 5.32 Å². The average molecular weight is 397 g/mol. The first kappa shape index (κ1) is 18.8. The maximum Gasteiger partial charge on any atom is 0.322 e. The van der Waals surface area contributed by atoms with E-state index in [1.807, 2.05) is 4.90 Å². The minimum Gasteiger partial charge on any atom is -0.368 e. The molecule has 1 fully saturated rings. The molecule has 1 saturated heterocycles. The normalized spacial score (nSPS) is 14.2. The van der Waals surface area contributed by atoms with Crippen molar-refractivity contribution in [1.29, 1.82) is 0 Å². The smallest absolute Gasteiger partial charge is 0.322 e. The van der Waals surface area contributed by atoms with Crippen molar-refractivity contribution in [3.63, 3.8) is 0 Å². The van der Waals surface area contributed by atoms with Gasteiger partial charge in [-0.3, -0.25) is 10.1 Å². The standard InChI is InChI=1S/C17H15ClF2N4O3/c18-13-9-14(19)15(20)10-16(13)21-17(25)23-7-5-22(6-8-23)11-1-3-12(4-2-11)24(26)27/h1-4,9-10H,5-8H2,(H,21,25). The molecule has 0 aliphatic carbocycles. The van der Waals surface area contributed by atoms with Gasteiger partial charge < -0.3 is 15.1 Å². The lowest BCUT2D eigenvalue weighted by Gasteiger charge is -2.36. The third-order valence-electron chi connectivity index (χ3n) is 4.24. The van der Waals surface area contributed by atoms with Crippen molar-refractivity contribution >= 4 is 34.7 Å². The molecule has 1 heterocycles. The second-order valence-corrected chi connectivity index (χ2v) is 6.33. The number of nitrogens with one attached hydrogen (secondary N) is 1.